The molecule has 0 saturated carbocycles. The SMILES string of the molecule is Cc1ccc(S(=O)(=O)OCCn2cc(C)cc2C)cc1. The van der Waals surface area contributed by atoms with E-state index in [1.807, 2.05) is 31.5 Å². The fraction of sp³-hybridized carbons (Fsp3) is 0.333. The molecule has 0 aliphatic carbocycles. The minimum Gasteiger partial charge on any atom is -0.349 e. The van der Waals surface area contributed by atoms with Gasteiger partial charge in [-0.1, -0.05) is 17.7 Å². The normalized spacial score (nSPS) is 11.8. The van der Waals surface area contributed by atoms with Crippen LogP contribution < -0.4 is 0 Å². The molecule has 4 nitrogen and oxygen atoms in total. The standard InChI is InChI=1S/C15H19NO3S/c1-12-4-6-15(7-5-12)20(17,18)19-9-8-16-11-13(2)10-14(16)3/h4-7,10-11H,8-9H2,1-3H3. The van der Waals surface area contributed by atoms with E-state index in [-0.39, 0.29) is 11.5 Å². The largest absolute Gasteiger partial charge is 0.349 e. The summed E-state index contributed by atoms with van der Waals surface area (Å²) in [7, 11) is -3.67. The molecule has 1 aromatic carbocycles. The molecule has 0 spiro atoms. The summed E-state index contributed by atoms with van der Waals surface area (Å²) in [6.45, 7) is 6.55. The number of rotatable bonds is 5. The summed E-state index contributed by atoms with van der Waals surface area (Å²) in [4.78, 5) is 0.198. The fourth-order valence-corrected chi connectivity index (χ4v) is 2.96. The molecule has 2 rings (SSSR count). The number of aromatic nitrogens is 1. The van der Waals surface area contributed by atoms with Crippen molar-refractivity contribution in [1.82, 2.24) is 4.57 Å². The van der Waals surface area contributed by atoms with Crippen LogP contribution >= 0.6 is 0 Å². The monoisotopic (exact) mass is 293 g/mol. The van der Waals surface area contributed by atoms with Crippen LogP contribution in [0.3, 0.4) is 0 Å². The van der Waals surface area contributed by atoms with Crippen molar-refractivity contribution >= 4 is 10.1 Å². The fourth-order valence-electron chi connectivity index (χ4n) is 2.06. The van der Waals surface area contributed by atoms with Crippen molar-refractivity contribution in [3.63, 3.8) is 0 Å². The Bertz CT molecular complexity index is 684. The summed E-state index contributed by atoms with van der Waals surface area (Å²) in [6, 6.07) is 8.70. The van der Waals surface area contributed by atoms with Gasteiger partial charge in [-0.3, -0.25) is 4.18 Å². The molecule has 0 unspecified atom stereocenters. The van der Waals surface area contributed by atoms with Crippen LogP contribution in [0.1, 0.15) is 16.8 Å². The van der Waals surface area contributed by atoms with Gasteiger partial charge in [-0.25, -0.2) is 0 Å². The van der Waals surface area contributed by atoms with Gasteiger partial charge < -0.3 is 4.57 Å². The summed E-state index contributed by atoms with van der Waals surface area (Å²) in [5.41, 5.74) is 3.27. The zero-order valence-corrected chi connectivity index (χ0v) is 12.8. The summed E-state index contributed by atoms with van der Waals surface area (Å²) >= 11 is 0. The molecule has 0 aliphatic heterocycles. The average molecular weight is 293 g/mol. The molecule has 20 heavy (non-hydrogen) atoms. The van der Waals surface area contributed by atoms with Gasteiger partial charge in [-0.15, -0.1) is 0 Å². The Hall–Kier alpha value is -1.59. The van der Waals surface area contributed by atoms with E-state index in [0.29, 0.717) is 6.54 Å². The lowest BCUT2D eigenvalue weighted by Crippen LogP contribution is -2.12. The molecule has 2 aromatic rings. The second-order valence-corrected chi connectivity index (χ2v) is 6.56. The predicted molar refractivity (Wildman–Crippen MR) is 78.2 cm³/mol. The highest BCUT2D eigenvalue weighted by Crippen LogP contribution is 2.13. The lowest BCUT2D eigenvalue weighted by atomic mass is 10.2. The van der Waals surface area contributed by atoms with Crippen molar-refractivity contribution < 1.29 is 12.6 Å². The molecule has 0 aliphatic rings. The minimum atomic E-state index is -3.67. The Morgan fingerprint density at radius 1 is 1.05 bits per heavy atom. The third-order valence-electron chi connectivity index (χ3n) is 3.13. The van der Waals surface area contributed by atoms with Crippen LogP contribution in [-0.2, 0) is 20.8 Å². The molecule has 1 aromatic heterocycles. The van der Waals surface area contributed by atoms with Gasteiger partial charge in [0.1, 0.15) is 0 Å². The molecule has 0 amide bonds. The highest BCUT2D eigenvalue weighted by molar-refractivity contribution is 7.86. The summed E-state index contributed by atoms with van der Waals surface area (Å²) in [5.74, 6) is 0. The van der Waals surface area contributed by atoms with Crippen LogP contribution in [-0.4, -0.2) is 19.6 Å². The lowest BCUT2D eigenvalue weighted by molar-refractivity contribution is 0.300. The maximum absolute atomic E-state index is 12.0. The molecule has 0 atom stereocenters. The van der Waals surface area contributed by atoms with Gasteiger partial charge in [-0.2, -0.15) is 8.42 Å². The van der Waals surface area contributed by atoms with E-state index < -0.39 is 10.1 Å². The smallest absolute Gasteiger partial charge is 0.297 e. The van der Waals surface area contributed by atoms with E-state index in [0.717, 1.165) is 16.8 Å². The van der Waals surface area contributed by atoms with E-state index in [2.05, 4.69) is 6.07 Å². The number of hydrogen-bond acceptors (Lipinski definition) is 3. The van der Waals surface area contributed by atoms with Gasteiger partial charge in [0, 0.05) is 18.4 Å². The highest BCUT2D eigenvalue weighted by atomic mass is 32.2. The second kappa shape index (κ2) is 5.81. The summed E-state index contributed by atoms with van der Waals surface area (Å²) in [6.07, 6.45) is 1.98. The molecular formula is C15H19NO3S. The van der Waals surface area contributed by atoms with Crippen molar-refractivity contribution in [2.75, 3.05) is 6.61 Å². The van der Waals surface area contributed by atoms with Gasteiger partial charge in [0.15, 0.2) is 0 Å². The Kier molecular flexibility index (Phi) is 4.30. The van der Waals surface area contributed by atoms with Crippen molar-refractivity contribution in [3.05, 3.63) is 53.3 Å². The summed E-state index contributed by atoms with van der Waals surface area (Å²) in [5, 5.41) is 0. The van der Waals surface area contributed by atoms with Crippen molar-refractivity contribution in [1.29, 1.82) is 0 Å². The van der Waals surface area contributed by atoms with E-state index in [1.165, 1.54) is 0 Å². The van der Waals surface area contributed by atoms with E-state index in [1.54, 1.807) is 24.3 Å². The van der Waals surface area contributed by atoms with Crippen LogP contribution in [0.15, 0.2) is 41.4 Å². The van der Waals surface area contributed by atoms with Gasteiger partial charge in [0.05, 0.1) is 11.5 Å². The molecule has 0 fully saturated rings. The summed E-state index contributed by atoms with van der Waals surface area (Å²) < 4.78 is 31.0. The quantitative estimate of drug-likeness (QED) is 0.796. The van der Waals surface area contributed by atoms with Crippen molar-refractivity contribution in [3.8, 4) is 0 Å². The first-order valence-corrected chi connectivity index (χ1v) is 7.89. The Balaban J connectivity index is 1.99. The van der Waals surface area contributed by atoms with Crippen LogP contribution in [0.25, 0.3) is 0 Å². The van der Waals surface area contributed by atoms with Crippen molar-refractivity contribution in [2.24, 2.45) is 0 Å². The Labute approximate surface area is 120 Å². The third-order valence-corrected chi connectivity index (χ3v) is 4.46. The molecule has 1 heterocycles. The first kappa shape index (κ1) is 14.8. The van der Waals surface area contributed by atoms with Crippen LogP contribution in [0.5, 0.6) is 0 Å². The van der Waals surface area contributed by atoms with E-state index >= 15 is 0 Å². The Morgan fingerprint density at radius 3 is 2.25 bits per heavy atom. The topological polar surface area (TPSA) is 48.3 Å². The van der Waals surface area contributed by atoms with Gasteiger partial charge >= 0.3 is 0 Å². The molecule has 5 heteroatoms. The van der Waals surface area contributed by atoms with Crippen molar-refractivity contribution in [2.45, 2.75) is 32.2 Å². The van der Waals surface area contributed by atoms with Gasteiger partial charge in [-0.05, 0) is 44.5 Å². The van der Waals surface area contributed by atoms with E-state index in [4.69, 9.17) is 4.18 Å². The van der Waals surface area contributed by atoms with Crippen LogP contribution in [0, 0.1) is 20.8 Å². The maximum Gasteiger partial charge on any atom is 0.297 e. The number of benzene rings is 1. The zero-order chi connectivity index (χ0) is 14.8. The highest BCUT2D eigenvalue weighted by Gasteiger charge is 2.14. The molecule has 108 valence electrons. The molecule has 0 N–H and O–H groups in total. The van der Waals surface area contributed by atoms with Gasteiger partial charge in [0.2, 0.25) is 0 Å². The number of hydrogen-bond donors (Lipinski definition) is 0. The number of aryl methyl sites for hydroxylation is 3. The molecular weight excluding hydrogens is 274 g/mol. The molecule has 0 bridgehead atoms. The molecule has 0 radical (unpaired) electrons. The predicted octanol–water partition coefficient (Wildman–Crippen LogP) is 2.82. The maximum atomic E-state index is 12.0. The average Bonchev–Trinajstić information content (AvgIpc) is 2.68. The lowest BCUT2D eigenvalue weighted by Gasteiger charge is -2.08. The first-order chi connectivity index (χ1) is 9.38. The van der Waals surface area contributed by atoms with Crippen LogP contribution in [0.4, 0.5) is 0 Å². The third kappa shape index (κ3) is 3.49. The Morgan fingerprint density at radius 2 is 1.70 bits per heavy atom. The second-order valence-electron chi connectivity index (χ2n) is 4.94. The van der Waals surface area contributed by atoms with Gasteiger partial charge in [0.25, 0.3) is 10.1 Å². The van der Waals surface area contributed by atoms with Crippen LogP contribution in [0.2, 0.25) is 0 Å². The number of nitrogens with zero attached hydrogens (tertiary/aromatic N) is 1. The minimum absolute atomic E-state index is 0.130. The first-order valence-electron chi connectivity index (χ1n) is 6.48. The molecule has 0 saturated heterocycles. The zero-order valence-electron chi connectivity index (χ0n) is 12.0. The van der Waals surface area contributed by atoms with E-state index in [9.17, 15) is 8.42 Å².